The van der Waals surface area contributed by atoms with E-state index in [9.17, 15) is 4.79 Å². The van der Waals surface area contributed by atoms with Gasteiger partial charge in [0.05, 0.1) is 22.5 Å². The van der Waals surface area contributed by atoms with Gasteiger partial charge in [-0.05, 0) is 31.7 Å². The summed E-state index contributed by atoms with van der Waals surface area (Å²) >= 11 is 0. The van der Waals surface area contributed by atoms with Crippen molar-refractivity contribution in [3.63, 3.8) is 0 Å². The Balaban J connectivity index is 1.71. The number of aryl methyl sites for hydroxylation is 2. The van der Waals surface area contributed by atoms with E-state index < -0.39 is 0 Å². The number of anilines is 2. The zero-order chi connectivity index (χ0) is 17.6. The molecule has 1 aliphatic rings. The largest absolute Gasteiger partial charge is 0.294 e. The fraction of sp³-hybridized carbons (Fsp3) is 0.316. The van der Waals surface area contributed by atoms with Gasteiger partial charge in [-0.15, -0.1) is 0 Å². The number of benzene rings is 1. The molecule has 0 radical (unpaired) electrons. The predicted octanol–water partition coefficient (Wildman–Crippen LogP) is 3.55. The normalized spacial score (nSPS) is 16.8. The molecule has 1 atom stereocenters. The van der Waals surface area contributed by atoms with Crippen molar-refractivity contribution < 1.29 is 4.79 Å². The number of rotatable bonds is 2. The van der Waals surface area contributed by atoms with Crippen molar-refractivity contribution in [1.82, 2.24) is 19.9 Å². The van der Waals surface area contributed by atoms with Crippen LogP contribution in [-0.2, 0) is 6.42 Å². The van der Waals surface area contributed by atoms with Gasteiger partial charge in [0, 0.05) is 18.0 Å². The van der Waals surface area contributed by atoms with Gasteiger partial charge in [0.2, 0.25) is 11.9 Å². The Labute approximate surface area is 145 Å². The standard InChI is InChI=1S/C19H19N5O/c1-10-7-15-14(16(25)8-10)9-20-18(22-15)24-19-21-12(3)13-6-4-5-11(2)17(13)23-19/h4-6,9-10H,7-8H2,1-3H3,(H,20,21,22,23,24)/t10-/m0/s1. The minimum absolute atomic E-state index is 0.119. The van der Waals surface area contributed by atoms with E-state index in [2.05, 4.69) is 32.2 Å². The van der Waals surface area contributed by atoms with Crippen LogP contribution in [0.5, 0.6) is 0 Å². The quantitative estimate of drug-likeness (QED) is 0.772. The smallest absolute Gasteiger partial charge is 0.230 e. The molecule has 1 aliphatic carbocycles. The molecule has 0 saturated carbocycles. The molecule has 0 spiro atoms. The van der Waals surface area contributed by atoms with Gasteiger partial charge in [0.15, 0.2) is 5.78 Å². The number of nitrogens with zero attached hydrogens (tertiary/aromatic N) is 4. The maximum atomic E-state index is 12.1. The van der Waals surface area contributed by atoms with Gasteiger partial charge in [-0.25, -0.2) is 19.9 Å². The van der Waals surface area contributed by atoms with E-state index in [1.807, 2.05) is 32.0 Å². The molecule has 2 heterocycles. The highest BCUT2D eigenvalue weighted by atomic mass is 16.1. The van der Waals surface area contributed by atoms with Crippen LogP contribution >= 0.6 is 0 Å². The van der Waals surface area contributed by atoms with Gasteiger partial charge in [0.25, 0.3) is 0 Å². The average molecular weight is 333 g/mol. The van der Waals surface area contributed by atoms with Crippen LogP contribution in [0.2, 0.25) is 0 Å². The lowest BCUT2D eigenvalue weighted by Gasteiger charge is -2.19. The second-order valence-electron chi connectivity index (χ2n) is 6.72. The predicted molar refractivity (Wildman–Crippen MR) is 96.1 cm³/mol. The van der Waals surface area contributed by atoms with Crippen LogP contribution in [0.4, 0.5) is 11.9 Å². The van der Waals surface area contributed by atoms with E-state index in [1.54, 1.807) is 6.20 Å². The van der Waals surface area contributed by atoms with Crippen LogP contribution in [0.1, 0.15) is 40.7 Å². The highest BCUT2D eigenvalue weighted by Crippen LogP contribution is 2.25. The number of carbonyl (C=O) groups is 1. The lowest BCUT2D eigenvalue weighted by molar-refractivity contribution is 0.0951. The summed E-state index contributed by atoms with van der Waals surface area (Å²) in [5.41, 5.74) is 4.35. The Bertz CT molecular complexity index is 999. The molecule has 0 aliphatic heterocycles. The van der Waals surface area contributed by atoms with E-state index >= 15 is 0 Å². The summed E-state index contributed by atoms with van der Waals surface area (Å²) in [6.07, 6.45) is 2.96. The first-order valence-corrected chi connectivity index (χ1v) is 8.41. The highest BCUT2D eigenvalue weighted by Gasteiger charge is 2.24. The summed E-state index contributed by atoms with van der Waals surface area (Å²) in [6, 6.07) is 6.05. The van der Waals surface area contributed by atoms with E-state index in [-0.39, 0.29) is 5.78 Å². The first kappa shape index (κ1) is 15.6. The zero-order valence-corrected chi connectivity index (χ0v) is 14.5. The molecule has 0 fully saturated rings. The summed E-state index contributed by atoms with van der Waals surface area (Å²) < 4.78 is 0. The van der Waals surface area contributed by atoms with Crippen molar-refractivity contribution in [1.29, 1.82) is 0 Å². The topological polar surface area (TPSA) is 80.7 Å². The second-order valence-corrected chi connectivity index (χ2v) is 6.72. The van der Waals surface area contributed by atoms with Crippen LogP contribution in [0.25, 0.3) is 10.9 Å². The van der Waals surface area contributed by atoms with Crippen molar-refractivity contribution >= 4 is 28.6 Å². The van der Waals surface area contributed by atoms with Crippen molar-refractivity contribution in [2.45, 2.75) is 33.6 Å². The Kier molecular flexibility index (Phi) is 3.67. The molecule has 126 valence electrons. The monoisotopic (exact) mass is 333 g/mol. The molecule has 6 heteroatoms. The molecular weight excluding hydrogens is 314 g/mol. The van der Waals surface area contributed by atoms with E-state index in [1.165, 1.54) is 0 Å². The summed E-state index contributed by atoms with van der Waals surface area (Å²) in [5, 5.41) is 4.13. The molecule has 0 bridgehead atoms. The summed E-state index contributed by atoms with van der Waals surface area (Å²) in [5.74, 6) is 1.32. The van der Waals surface area contributed by atoms with Gasteiger partial charge < -0.3 is 0 Å². The van der Waals surface area contributed by atoms with Crippen LogP contribution in [0.15, 0.2) is 24.4 Å². The molecule has 4 rings (SSSR count). The van der Waals surface area contributed by atoms with Gasteiger partial charge in [0.1, 0.15) is 0 Å². The number of carbonyl (C=O) groups excluding carboxylic acids is 1. The average Bonchev–Trinajstić information content (AvgIpc) is 2.55. The SMILES string of the molecule is Cc1nc(Nc2ncc3c(n2)C[C@H](C)CC3=O)nc2c(C)cccc12. The molecule has 2 aromatic heterocycles. The molecule has 0 unspecified atom stereocenters. The number of hydrogen-bond donors (Lipinski definition) is 1. The number of Topliss-reactive ketones (excluding diaryl/α,β-unsaturated/α-hetero) is 1. The third-order valence-electron chi connectivity index (χ3n) is 4.59. The van der Waals surface area contributed by atoms with Crippen molar-refractivity contribution in [3.8, 4) is 0 Å². The number of fused-ring (bicyclic) bond motifs is 2. The van der Waals surface area contributed by atoms with Crippen molar-refractivity contribution in [2.24, 2.45) is 5.92 Å². The zero-order valence-electron chi connectivity index (χ0n) is 14.5. The number of aromatic nitrogens is 4. The maximum absolute atomic E-state index is 12.1. The van der Waals surface area contributed by atoms with Gasteiger partial charge in [-0.1, -0.05) is 25.1 Å². The second kappa shape index (κ2) is 5.88. The number of ketones is 1. The van der Waals surface area contributed by atoms with Crippen molar-refractivity contribution in [2.75, 3.05) is 5.32 Å². The van der Waals surface area contributed by atoms with Crippen LogP contribution in [-0.4, -0.2) is 25.7 Å². The van der Waals surface area contributed by atoms with Gasteiger partial charge in [-0.2, -0.15) is 0 Å². The number of nitrogens with one attached hydrogen (secondary N) is 1. The minimum atomic E-state index is 0.119. The fourth-order valence-electron chi connectivity index (χ4n) is 3.30. The Morgan fingerprint density at radius 1 is 1.08 bits per heavy atom. The molecule has 0 amide bonds. The van der Waals surface area contributed by atoms with Crippen molar-refractivity contribution in [3.05, 3.63) is 46.9 Å². The van der Waals surface area contributed by atoms with E-state index in [4.69, 9.17) is 0 Å². The van der Waals surface area contributed by atoms with Gasteiger partial charge >= 0.3 is 0 Å². The Hall–Kier alpha value is -2.89. The summed E-state index contributed by atoms with van der Waals surface area (Å²) in [6.45, 7) is 6.05. The van der Waals surface area contributed by atoms with E-state index in [0.29, 0.717) is 29.8 Å². The summed E-state index contributed by atoms with van der Waals surface area (Å²) in [4.78, 5) is 30.0. The first-order chi connectivity index (χ1) is 12.0. The van der Waals surface area contributed by atoms with E-state index in [0.717, 1.165) is 34.3 Å². The maximum Gasteiger partial charge on any atom is 0.230 e. The third-order valence-corrected chi connectivity index (χ3v) is 4.59. The third kappa shape index (κ3) is 2.84. The molecule has 0 saturated heterocycles. The molecule has 6 nitrogen and oxygen atoms in total. The first-order valence-electron chi connectivity index (χ1n) is 8.41. The Morgan fingerprint density at radius 3 is 2.76 bits per heavy atom. The Morgan fingerprint density at radius 2 is 1.92 bits per heavy atom. The molecular formula is C19H19N5O. The van der Waals surface area contributed by atoms with Crippen LogP contribution in [0.3, 0.4) is 0 Å². The van der Waals surface area contributed by atoms with Crippen LogP contribution < -0.4 is 5.32 Å². The molecule has 1 N–H and O–H groups in total. The molecule has 3 aromatic rings. The van der Waals surface area contributed by atoms with Gasteiger partial charge in [-0.3, -0.25) is 10.1 Å². The lowest BCUT2D eigenvalue weighted by Crippen LogP contribution is -2.20. The molecule has 25 heavy (non-hydrogen) atoms. The summed E-state index contributed by atoms with van der Waals surface area (Å²) in [7, 11) is 0. The minimum Gasteiger partial charge on any atom is -0.294 e. The molecule has 1 aromatic carbocycles. The lowest BCUT2D eigenvalue weighted by atomic mass is 9.88. The highest BCUT2D eigenvalue weighted by molar-refractivity contribution is 5.98. The number of para-hydroxylation sites is 1. The fourth-order valence-corrected chi connectivity index (χ4v) is 3.30. The number of hydrogen-bond acceptors (Lipinski definition) is 6. The van der Waals surface area contributed by atoms with Crippen LogP contribution in [0, 0.1) is 19.8 Å².